The Morgan fingerprint density at radius 2 is 2.00 bits per heavy atom. The fourth-order valence-corrected chi connectivity index (χ4v) is 1.74. The molecule has 1 heterocycles. The summed E-state index contributed by atoms with van der Waals surface area (Å²) in [4.78, 5) is 20.8. The maximum Gasteiger partial charge on any atom is 0.293 e. The van der Waals surface area contributed by atoms with Gasteiger partial charge < -0.3 is 10.1 Å². The van der Waals surface area contributed by atoms with Crippen molar-refractivity contribution in [3.8, 4) is 0 Å². The normalized spacial score (nSPS) is 17.1. The Kier molecular flexibility index (Phi) is 6.22. The quantitative estimate of drug-likeness (QED) is 0.847. The summed E-state index contributed by atoms with van der Waals surface area (Å²) in [5.41, 5.74) is 0.896. The van der Waals surface area contributed by atoms with Crippen LogP contribution in [0.2, 0.25) is 0 Å². The van der Waals surface area contributed by atoms with Crippen molar-refractivity contribution < 1.29 is 14.3 Å². The zero-order valence-corrected chi connectivity index (χ0v) is 11.5. The molecular weight excluding hydrogens is 242 g/mol. The van der Waals surface area contributed by atoms with E-state index in [9.17, 15) is 9.59 Å². The van der Waals surface area contributed by atoms with E-state index in [2.05, 4.69) is 10.1 Å². The van der Waals surface area contributed by atoms with Crippen LogP contribution in [0.5, 0.6) is 0 Å². The summed E-state index contributed by atoms with van der Waals surface area (Å²) >= 11 is 0. The molecule has 1 aromatic rings. The number of piperidine rings is 1. The fourth-order valence-electron chi connectivity index (χ4n) is 1.74. The van der Waals surface area contributed by atoms with Gasteiger partial charge in [-0.25, -0.2) is 0 Å². The highest BCUT2D eigenvalue weighted by Gasteiger charge is 2.29. The standard InChI is InChI=1S/C8H8O2.C7H13NO/c9-7-10-6-8-4-2-1-3-5-8;1-7(2)5-8-4-3-6(7)9/h1-5,7H,6H2;8H,3-5H2,1-2H3. The molecule has 1 aliphatic heterocycles. The summed E-state index contributed by atoms with van der Waals surface area (Å²) in [5, 5.41) is 3.18. The topological polar surface area (TPSA) is 55.4 Å². The zero-order valence-electron chi connectivity index (χ0n) is 11.5. The van der Waals surface area contributed by atoms with Crippen LogP contribution in [0.4, 0.5) is 0 Å². The molecule has 1 aromatic carbocycles. The van der Waals surface area contributed by atoms with Crippen molar-refractivity contribution in [1.82, 2.24) is 5.32 Å². The van der Waals surface area contributed by atoms with Gasteiger partial charge in [0.05, 0.1) is 0 Å². The van der Waals surface area contributed by atoms with Crippen molar-refractivity contribution in [1.29, 1.82) is 0 Å². The molecule has 19 heavy (non-hydrogen) atoms. The van der Waals surface area contributed by atoms with Crippen LogP contribution in [0.15, 0.2) is 30.3 Å². The lowest BCUT2D eigenvalue weighted by Crippen LogP contribution is -2.43. The second kappa shape index (κ2) is 7.69. The minimum atomic E-state index is -0.113. The van der Waals surface area contributed by atoms with Gasteiger partial charge in [0.15, 0.2) is 0 Å². The van der Waals surface area contributed by atoms with E-state index in [1.807, 2.05) is 44.2 Å². The molecule has 1 fully saturated rings. The number of nitrogens with one attached hydrogen (secondary N) is 1. The van der Waals surface area contributed by atoms with Crippen LogP contribution in [0.1, 0.15) is 25.8 Å². The Bertz CT molecular complexity index is 401. The lowest BCUT2D eigenvalue weighted by atomic mass is 9.84. The molecule has 1 aliphatic rings. The van der Waals surface area contributed by atoms with Gasteiger partial charge in [-0.1, -0.05) is 44.2 Å². The molecule has 1 saturated heterocycles. The van der Waals surface area contributed by atoms with Gasteiger partial charge >= 0.3 is 0 Å². The van der Waals surface area contributed by atoms with Gasteiger partial charge in [0.1, 0.15) is 12.4 Å². The second-order valence-electron chi connectivity index (χ2n) is 5.13. The first-order valence-electron chi connectivity index (χ1n) is 6.39. The first-order chi connectivity index (χ1) is 9.06. The molecule has 0 aromatic heterocycles. The minimum Gasteiger partial charge on any atom is -0.463 e. The van der Waals surface area contributed by atoms with Gasteiger partial charge in [0.25, 0.3) is 6.47 Å². The molecule has 2 rings (SSSR count). The number of carbonyl (C=O) groups is 2. The highest BCUT2D eigenvalue weighted by atomic mass is 16.5. The number of ketones is 1. The van der Waals surface area contributed by atoms with Gasteiger partial charge in [0.2, 0.25) is 0 Å². The molecular formula is C15H21NO3. The summed E-state index contributed by atoms with van der Waals surface area (Å²) in [6.45, 7) is 6.49. The molecule has 104 valence electrons. The van der Waals surface area contributed by atoms with Crippen LogP contribution in [0.3, 0.4) is 0 Å². The van der Waals surface area contributed by atoms with Crippen LogP contribution in [0.25, 0.3) is 0 Å². The van der Waals surface area contributed by atoms with Crippen molar-refractivity contribution in [2.45, 2.75) is 26.9 Å². The van der Waals surface area contributed by atoms with Crippen LogP contribution in [-0.4, -0.2) is 25.3 Å². The molecule has 0 aliphatic carbocycles. The van der Waals surface area contributed by atoms with Crippen LogP contribution in [-0.2, 0) is 20.9 Å². The Hall–Kier alpha value is -1.68. The average molecular weight is 263 g/mol. The third-order valence-corrected chi connectivity index (χ3v) is 3.01. The minimum absolute atomic E-state index is 0.113. The molecule has 0 unspecified atom stereocenters. The zero-order chi connectivity index (χ0) is 14.1. The van der Waals surface area contributed by atoms with Gasteiger partial charge in [-0.2, -0.15) is 0 Å². The number of hydrogen-bond donors (Lipinski definition) is 1. The summed E-state index contributed by atoms with van der Waals surface area (Å²) in [7, 11) is 0. The number of benzene rings is 1. The Morgan fingerprint density at radius 1 is 1.32 bits per heavy atom. The van der Waals surface area contributed by atoms with Gasteiger partial charge in [-0.15, -0.1) is 0 Å². The van der Waals surface area contributed by atoms with E-state index in [1.54, 1.807) is 0 Å². The van der Waals surface area contributed by atoms with Gasteiger partial charge in [-0.3, -0.25) is 9.59 Å². The monoisotopic (exact) mass is 263 g/mol. The maximum absolute atomic E-state index is 11.1. The molecule has 1 N–H and O–H groups in total. The highest BCUT2D eigenvalue weighted by molar-refractivity contribution is 5.85. The second-order valence-corrected chi connectivity index (χ2v) is 5.13. The average Bonchev–Trinajstić information content (AvgIpc) is 2.42. The predicted octanol–water partition coefficient (Wildman–Crippen LogP) is 1.93. The number of Topliss-reactive ketones (excluding diaryl/α,β-unsaturated/α-hetero) is 1. The molecule has 0 atom stereocenters. The van der Waals surface area contributed by atoms with Crippen molar-refractivity contribution in [2.75, 3.05) is 13.1 Å². The Balaban J connectivity index is 0.000000191. The third kappa shape index (κ3) is 5.66. The van der Waals surface area contributed by atoms with E-state index < -0.39 is 0 Å². The lowest BCUT2D eigenvalue weighted by molar-refractivity contribution is -0.130. The third-order valence-electron chi connectivity index (χ3n) is 3.01. The first-order valence-corrected chi connectivity index (χ1v) is 6.39. The Morgan fingerprint density at radius 3 is 2.47 bits per heavy atom. The smallest absolute Gasteiger partial charge is 0.293 e. The number of hydrogen-bond acceptors (Lipinski definition) is 4. The highest BCUT2D eigenvalue weighted by Crippen LogP contribution is 2.19. The lowest BCUT2D eigenvalue weighted by Gasteiger charge is -2.27. The summed E-state index contributed by atoms with van der Waals surface area (Å²) in [6, 6.07) is 9.55. The van der Waals surface area contributed by atoms with E-state index >= 15 is 0 Å². The first kappa shape index (κ1) is 15.4. The Labute approximate surface area is 114 Å². The maximum atomic E-state index is 11.1. The van der Waals surface area contributed by atoms with E-state index in [0.29, 0.717) is 25.3 Å². The molecule has 0 amide bonds. The molecule has 4 nitrogen and oxygen atoms in total. The van der Waals surface area contributed by atoms with Gasteiger partial charge in [0, 0.05) is 24.9 Å². The molecule has 4 heteroatoms. The fraction of sp³-hybridized carbons (Fsp3) is 0.467. The summed E-state index contributed by atoms with van der Waals surface area (Å²) < 4.78 is 4.54. The van der Waals surface area contributed by atoms with Crippen molar-refractivity contribution in [3.63, 3.8) is 0 Å². The SMILES string of the molecule is CC1(C)CNCCC1=O.O=COCc1ccccc1. The molecule has 0 bridgehead atoms. The van der Waals surface area contributed by atoms with Crippen molar-refractivity contribution >= 4 is 12.3 Å². The largest absolute Gasteiger partial charge is 0.463 e. The van der Waals surface area contributed by atoms with Crippen molar-refractivity contribution in [2.24, 2.45) is 5.41 Å². The van der Waals surface area contributed by atoms with Gasteiger partial charge in [-0.05, 0) is 5.56 Å². The number of rotatable bonds is 3. The predicted molar refractivity (Wildman–Crippen MR) is 73.6 cm³/mol. The molecule has 0 spiro atoms. The van der Waals surface area contributed by atoms with Crippen LogP contribution >= 0.6 is 0 Å². The van der Waals surface area contributed by atoms with Crippen LogP contribution < -0.4 is 5.32 Å². The number of ether oxygens (including phenoxy) is 1. The summed E-state index contributed by atoms with van der Waals surface area (Å²) in [6.07, 6.45) is 0.701. The summed E-state index contributed by atoms with van der Waals surface area (Å²) in [5.74, 6) is 0.390. The van der Waals surface area contributed by atoms with E-state index in [4.69, 9.17) is 0 Å². The molecule has 0 radical (unpaired) electrons. The van der Waals surface area contributed by atoms with Crippen molar-refractivity contribution in [3.05, 3.63) is 35.9 Å². The van der Waals surface area contributed by atoms with E-state index in [0.717, 1.165) is 18.7 Å². The number of carbonyl (C=O) groups excluding carboxylic acids is 2. The van der Waals surface area contributed by atoms with Crippen LogP contribution in [0, 0.1) is 5.41 Å². The van der Waals surface area contributed by atoms with E-state index in [1.165, 1.54) is 0 Å². The van der Waals surface area contributed by atoms with E-state index in [-0.39, 0.29) is 5.41 Å². The molecule has 0 saturated carbocycles.